The molecule has 1 aliphatic carbocycles. The van der Waals surface area contributed by atoms with Gasteiger partial charge in [-0.25, -0.2) is 0 Å². The normalized spacial score (nSPS) is 18.6. The molecule has 0 spiro atoms. The van der Waals surface area contributed by atoms with E-state index in [1.807, 2.05) is 12.4 Å². The SMILES string of the molecule is CCCCCC(=C1CCC1)N1CCc2c([nH]c3ccccc23)C1c1ccncc1. The fourth-order valence-electron chi connectivity index (χ4n) is 5.13. The van der Waals surface area contributed by atoms with E-state index in [0.717, 1.165) is 13.0 Å². The molecular formula is C26H31N3. The molecule has 2 aliphatic rings. The van der Waals surface area contributed by atoms with E-state index >= 15 is 0 Å². The van der Waals surface area contributed by atoms with Crippen LogP contribution in [0.15, 0.2) is 60.1 Å². The van der Waals surface area contributed by atoms with Crippen molar-refractivity contribution in [2.75, 3.05) is 6.54 Å². The predicted molar refractivity (Wildman–Crippen MR) is 120 cm³/mol. The van der Waals surface area contributed by atoms with Gasteiger partial charge in [0.05, 0.1) is 6.04 Å². The Labute approximate surface area is 173 Å². The first kappa shape index (κ1) is 18.5. The van der Waals surface area contributed by atoms with Crippen molar-refractivity contribution in [2.45, 2.75) is 64.3 Å². The lowest BCUT2D eigenvalue weighted by atomic mass is 9.85. The fourth-order valence-corrected chi connectivity index (χ4v) is 5.13. The third-order valence-corrected chi connectivity index (χ3v) is 6.79. The second-order valence-corrected chi connectivity index (χ2v) is 8.55. The lowest BCUT2D eigenvalue weighted by molar-refractivity contribution is 0.252. The molecule has 1 atom stereocenters. The second-order valence-electron chi connectivity index (χ2n) is 8.55. The zero-order valence-corrected chi connectivity index (χ0v) is 17.5. The van der Waals surface area contributed by atoms with Crippen molar-refractivity contribution in [1.82, 2.24) is 14.9 Å². The molecule has 150 valence electrons. The van der Waals surface area contributed by atoms with E-state index in [0.29, 0.717) is 0 Å². The van der Waals surface area contributed by atoms with Gasteiger partial charge in [0.25, 0.3) is 0 Å². The predicted octanol–water partition coefficient (Wildman–Crippen LogP) is 6.53. The summed E-state index contributed by atoms with van der Waals surface area (Å²) < 4.78 is 0. The molecule has 1 unspecified atom stereocenters. The number of aromatic amines is 1. The number of nitrogens with one attached hydrogen (secondary N) is 1. The van der Waals surface area contributed by atoms with Gasteiger partial charge in [0.15, 0.2) is 0 Å². The molecular weight excluding hydrogens is 354 g/mol. The molecule has 1 N–H and O–H groups in total. The molecule has 3 heteroatoms. The number of nitrogens with zero attached hydrogens (tertiary/aromatic N) is 2. The number of benzene rings is 1. The van der Waals surface area contributed by atoms with Gasteiger partial charge >= 0.3 is 0 Å². The number of hydrogen-bond donors (Lipinski definition) is 1. The Morgan fingerprint density at radius 3 is 2.66 bits per heavy atom. The number of unbranched alkanes of at least 4 members (excludes halogenated alkanes) is 2. The van der Waals surface area contributed by atoms with Crippen LogP contribution in [0.1, 0.15) is 74.7 Å². The summed E-state index contributed by atoms with van der Waals surface area (Å²) in [5.74, 6) is 0. The maximum Gasteiger partial charge on any atom is 0.0945 e. The molecule has 2 aromatic heterocycles. The molecule has 1 aromatic carbocycles. The van der Waals surface area contributed by atoms with Crippen LogP contribution in [0.25, 0.3) is 10.9 Å². The highest BCUT2D eigenvalue weighted by atomic mass is 15.2. The van der Waals surface area contributed by atoms with Gasteiger partial charge in [-0.3, -0.25) is 4.98 Å². The summed E-state index contributed by atoms with van der Waals surface area (Å²) in [5.41, 5.74) is 8.85. The molecule has 5 rings (SSSR count). The Morgan fingerprint density at radius 2 is 1.90 bits per heavy atom. The number of hydrogen-bond acceptors (Lipinski definition) is 2. The van der Waals surface area contributed by atoms with Gasteiger partial charge in [0, 0.05) is 41.2 Å². The quantitative estimate of drug-likeness (QED) is 0.489. The van der Waals surface area contributed by atoms with Crippen LogP contribution in [0.5, 0.6) is 0 Å². The van der Waals surface area contributed by atoms with E-state index in [1.54, 1.807) is 11.3 Å². The van der Waals surface area contributed by atoms with Crippen molar-refractivity contribution in [3.63, 3.8) is 0 Å². The van der Waals surface area contributed by atoms with Crippen LogP contribution in [-0.2, 0) is 6.42 Å². The van der Waals surface area contributed by atoms with Crippen LogP contribution in [0, 0.1) is 0 Å². The summed E-state index contributed by atoms with van der Waals surface area (Å²) >= 11 is 0. The standard InChI is InChI=1S/C26H31N3/c1-2-3-4-12-24(19-8-7-9-19)29-18-15-22-21-10-5-6-11-23(21)28-25(22)26(29)20-13-16-27-17-14-20/h5-6,10-11,13-14,16-17,26,28H,2-4,7-9,12,15,18H2,1H3. The summed E-state index contributed by atoms with van der Waals surface area (Å²) in [4.78, 5) is 10.8. The first-order valence-corrected chi connectivity index (χ1v) is 11.3. The topological polar surface area (TPSA) is 31.9 Å². The van der Waals surface area contributed by atoms with E-state index in [4.69, 9.17) is 0 Å². The Morgan fingerprint density at radius 1 is 1.07 bits per heavy atom. The van der Waals surface area contributed by atoms with Crippen molar-refractivity contribution in [2.24, 2.45) is 0 Å². The van der Waals surface area contributed by atoms with Gasteiger partial charge in [-0.1, -0.05) is 43.5 Å². The van der Waals surface area contributed by atoms with Crippen LogP contribution in [0.3, 0.4) is 0 Å². The van der Waals surface area contributed by atoms with Gasteiger partial charge in [-0.05, 0) is 67.9 Å². The van der Waals surface area contributed by atoms with Gasteiger partial charge in [-0.2, -0.15) is 0 Å². The largest absolute Gasteiger partial charge is 0.362 e. The summed E-state index contributed by atoms with van der Waals surface area (Å²) in [7, 11) is 0. The second kappa shape index (κ2) is 8.06. The molecule has 29 heavy (non-hydrogen) atoms. The molecule has 1 aliphatic heterocycles. The lowest BCUT2D eigenvalue weighted by Crippen LogP contribution is -2.36. The number of H-pyrrole nitrogens is 1. The van der Waals surface area contributed by atoms with E-state index in [2.05, 4.69) is 58.2 Å². The molecule has 0 bridgehead atoms. The van der Waals surface area contributed by atoms with Crippen molar-refractivity contribution in [3.05, 3.63) is 76.9 Å². The Hall–Kier alpha value is -2.55. The minimum absolute atomic E-state index is 0.263. The van der Waals surface area contributed by atoms with E-state index in [-0.39, 0.29) is 6.04 Å². The molecule has 3 nitrogen and oxygen atoms in total. The van der Waals surface area contributed by atoms with Gasteiger partial charge in [0.2, 0.25) is 0 Å². The summed E-state index contributed by atoms with van der Waals surface area (Å²) in [6, 6.07) is 13.5. The average molecular weight is 386 g/mol. The first-order chi connectivity index (χ1) is 14.4. The van der Waals surface area contributed by atoms with E-state index < -0.39 is 0 Å². The van der Waals surface area contributed by atoms with E-state index in [1.165, 1.54) is 72.7 Å². The maximum atomic E-state index is 4.29. The zero-order chi connectivity index (χ0) is 19.6. The molecule has 3 heterocycles. The number of fused-ring (bicyclic) bond motifs is 3. The van der Waals surface area contributed by atoms with Gasteiger partial charge in [0.1, 0.15) is 0 Å². The maximum absolute atomic E-state index is 4.29. The van der Waals surface area contributed by atoms with Crippen LogP contribution in [-0.4, -0.2) is 21.4 Å². The lowest BCUT2D eigenvalue weighted by Gasteiger charge is -2.42. The molecule has 3 aromatic rings. The fraction of sp³-hybridized carbons (Fsp3) is 0.423. The molecule has 0 saturated heterocycles. The van der Waals surface area contributed by atoms with Crippen molar-refractivity contribution < 1.29 is 0 Å². The van der Waals surface area contributed by atoms with Crippen molar-refractivity contribution >= 4 is 10.9 Å². The van der Waals surface area contributed by atoms with Crippen molar-refractivity contribution in [1.29, 1.82) is 0 Å². The Bertz CT molecular complexity index is 1010. The minimum atomic E-state index is 0.263. The first-order valence-electron chi connectivity index (χ1n) is 11.3. The van der Waals surface area contributed by atoms with E-state index in [9.17, 15) is 0 Å². The highest BCUT2D eigenvalue weighted by Crippen LogP contribution is 2.43. The Kier molecular flexibility index (Phi) is 5.13. The van der Waals surface area contributed by atoms with Gasteiger partial charge in [-0.15, -0.1) is 0 Å². The highest BCUT2D eigenvalue weighted by Gasteiger charge is 2.34. The van der Waals surface area contributed by atoms with Gasteiger partial charge < -0.3 is 9.88 Å². The number of rotatable bonds is 6. The zero-order valence-electron chi connectivity index (χ0n) is 17.5. The summed E-state index contributed by atoms with van der Waals surface area (Å²) in [5, 5.41) is 1.39. The summed E-state index contributed by atoms with van der Waals surface area (Å²) in [6.45, 7) is 3.40. The van der Waals surface area contributed by atoms with Crippen LogP contribution >= 0.6 is 0 Å². The molecule has 1 fully saturated rings. The number of para-hydroxylation sites is 1. The minimum Gasteiger partial charge on any atom is -0.362 e. The summed E-state index contributed by atoms with van der Waals surface area (Å²) in [6.07, 6.45) is 14.1. The van der Waals surface area contributed by atoms with Crippen molar-refractivity contribution in [3.8, 4) is 0 Å². The number of pyridine rings is 1. The monoisotopic (exact) mass is 385 g/mol. The molecule has 0 amide bonds. The highest BCUT2D eigenvalue weighted by molar-refractivity contribution is 5.85. The van der Waals surface area contributed by atoms with Crippen LogP contribution in [0.2, 0.25) is 0 Å². The third-order valence-electron chi connectivity index (χ3n) is 6.79. The molecule has 0 radical (unpaired) electrons. The number of allylic oxidation sites excluding steroid dienone is 2. The third kappa shape index (κ3) is 3.37. The smallest absolute Gasteiger partial charge is 0.0945 e. The molecule has 1 saturated carbocycles. The van der Waals surface area contributed by atoms with Crippen LogP contribution in [0.4, 0.5) is 0 Å². The Balaban J connectivity index is 1.61. The average Bonchev–Trinajstić information content (AvgIpc) is 3.10. The van der Waals surface area contributed by atoms with Crippen LogP contribution < -0.4 is 0 Å². The number of aromatic nitrogens is 2.